The number of aromatic nitrogens is 2. The molecule has 7 heteroatoms. The number of hydrogen-bond donors (Lipinski definition) is 1. The lowest BCUT2D eigenvalue weighted by Gasteiger charge is -2.19. The molecule has 2 rings (SSSR count). The topological polar surface area (TPSA) is 72.1 Å². The molecule has 0 atom stereocenters. The molecule has 2 aromatic rings. The van der Waals surface area contributed by atoms with Crippen molar-refractivity contribution in [2.45, 2.75) is 13.8 Å². The Balaban J connectivity index is 2.68. The minimum atomic E-state index is -0.784. The van der Waals surface area contributed by atoms with Crippen LogP contribution in [0.25, 0.3) is 11.3 Å². The number of carbonyl (C=O) groups excluding carboxylic acids is 1. The molecule has 0 aliphatic carbocycles. The van der Waals surface area contributed by atoms with Gasteiger partial charge in [0.25, 0.3) is 5.91 Å². The molecule has 5 nitrogen and oxygen atoms in total. The van der Waals surface area contributed by atoms with Crippen molar-refractivity contribution in [2.75, 3.05) is 18.0 Å². The van der Waals surface area contributed by atoms with Crippen molar-refractivity contribution in [3.63, 3.8) is 0 Å². The van der Waals surface area contributed by atoms with E-state index in [0.717, 1.165) is 12.1 Å². The number of halogens is 2. The van der Waals surface area contributed by atoms with Crippen LogP contribution < -0.4 is 10.6 Å². The maximum Gasteiger partial charge on any atom is 0.267 e. The van der Waals surface area contributed by atoms with Crippen LogP contribution in [0.5, 0.6) is 0 Å². The Morgan fingerprint density at radius 3 is 2.27 bits per heavy atom. The first kappa shape index (κ1) is 15.8. The monoisotopic (exact) mass is 306 g/mol. The lowest BCUT2D eigenvalue weighted by Crippen LogP contribution is -2.26. The maximum absolute atomic E-state index is 13.9. The summed E-state index contributed by atoms with van der Waals surface area (Å²) in [5.74, 6) is -2.10. The molecule has 1 heterocycles. The summed E-state index contributed by atoms with van der Waals surface area (Å²) in [5.41, 5.74) is 4.85. The fraction of sp³-hybridized carbons (Fsp3) is 0.267. The number of nitrogens with two attached hydrogens (primary N) is 1. The Morgan fingerprint density at radius 1 is 1.18 bits per heavy atom. The third-order valence-corrected chi connectivity index (χ3v) is 3.23. The molecule has 0 aliphatic rings. The predicted molar refractivity (Wildman–Crippen MR) is 79.5 cm³/mol. The molecular formula is C15H16F2N4O. The first-order valence-corrected chi connectivity index (χ1v) is 6.86. The van der Waals surface area contributed by atoms with Crippen LogP contribution in [0.15, 0.2) is 24.3 Å². The number of primary amides is 1. The first-order chi connectivity index (χ1) is 10.5. The smallest absolute Gasteiger partial charge is 0.267 e. The highest BCUT2D eigenvalue weighted by Gasteiger charge is 2.18. The zero-order valence-electron chi connectivity index (χ0n) is 12.3. The highest BCUT2D eigenvalue weighted by molar-refractivity contribution is 5.92. The van der Waals surface area contributed by atoms with Gasteiger partial charge in [-0.2, -0.15) is 0 Å². The summed E-state index contributed by atoms with van der Waals surface area (Å²) >= 11 is 0. The van der Waals surface area contributed by atoms with Crippen LogP contribution in [0.2, 0.25) is 0 Å². The third kappa shape index (κ3) is 3.03. The van der Waals surface area contributed by atoms with Gasteiger partial charge in [-0.1, -0.05) is 6.07 Å². The molecule has 116 valence electrons. The molecule has 2 N–H and O–H groups in total. The van der Waals surface area contributed by atoms with E-state index in [9.17, 15) is 13.6 Å². The molecule has 0 unspecified atom stereocenters. The summed E-state index contributed by atoms with van der Waals surface area (Å²) in [5, 5.41) is 0. The highest BCUT2D eigenvalue weighted by Crippen LogP contribution is 2.26. The summed E-state index contributed by atoms with van der Waals surface area (Å²) in [4.78, 5) is 21.4. The number of anilines is 1. The van der Waals surface area contributed by atoms with Gasteiger partial charge in [-0.15, -0.1) is 0 Å². The summed E-state index contributed by atoms with van der Waals surface area (Å²) < 4.78 is 27.9. The van der Waals surface area contributed by atoms with Crippen LogP contribution in [0.3, 0.4) is 0 Å². The van der Waals surface area contributed by atoms with Crippen molar-refractivity contribution in [1.82, 2.24) is 9.97 Å². The molecule has 22 heavy (non-hydrogen) atoms. The number of hydrogen-bond acceptors (Lipinski definition) is 4. The van der Waals surface area contributed by atoms with Crippen molar-refractivity contribution in [2.24, 2.45) is 5.73 Å². The van der Waals surface area contributed by atoms with Crippen LogP contribution in [-0.2, 0) is 0 Å². The van der Waals surface area contributed by atoms with Crippen LogP contribution in [0.1, 0.15) is 24.3 Å². The number of benzene rings is 1. The zero-order valence-corrected chi connectivity index (χ0v) is 12.3. The Bertz CT molecular complexity index is 682. The van der Waals surface area contributed by atoms with E-state index < -0.39 is 17.5 Å². The largest absolute Gasteiger partial charge is 0.364 e. The van der Waals surface area contributed by atoms with Crippen LogP contribution in [0, 0.1) is 11.6 Å². The number of rotatable bonds is 5. The summed E-state index contributed by atoms with van der Waals surface area (Å²) in [7, 11) is 0. The quantitative estimate of drug-likeness (QED) is 0.920. The van der Waals surface area contributed by atoms with E-state index in [-0.39, 0.29) is 22.9 Å². The number of carbonyl (C=O) groups is 1. The van der Waals surface area contributed by atoms with Gasteiger partial charge in [0.05, 0.1) is 11.3 Å². The Labute approximate surface area is 126 Å². The fourth-order valence-corrected chi connectivity index (χ4v) is 2.08. The van der Waals surface area contributed by atoms with Crippen molar-refractivity contribution in [3.05, 3.63) is 41.6 Å². The molecule has 1 aromatic heterocycles. The van der Waals surface area contributed by atoms with Gasteiger partial charge in [-0.3, -0.25) is 4.79 Å². The van der Waals surface area contributed by atoms with Crippen LogP contribution >= 0.6 is 0 Å². The van der Waals surface area contributed by atoms with E-state index in [1.54, 1.807) is 4.90 Å². The van der Waals surface area contributed by atoms with Crippen molar-refractivity contribution < 1.29 is 13.6 Å². The standard InChI is InChI=1S/C15H16F2N4O/c1-3-21(4-2)15-19-11(8-12(20-15)14(18)22)13-9(16)6-5-7-10(13)17/h5-8H,3-4H2,1-2H3,(H2,18,22). The SMILES string of the molecule is CCN(CC)c1nc(C(N)=O)cc(-c2c(F)cccc2F)n1. The summed E-state index contributed by atoms with van der Waals surface area (Å²) in [6.07, 6.45) is 0. The maximum atomic E-state index is 13.9. The zero-order chi connectivity index (χ0) is 16.3. The average Bonchev–Trinajstić information content (AvgIpc) is 2.48. The lowest BCUT2D eigenvalue weighted by molar-refractivity contribution is 0.0995. The molecule has 0 saturated carbocycles. The van der Waals surface area contributed by atoms with Crippen molar-refractivity contribution >= 4 is 11.9 Å². The molecule has 0 aliphatic heterocycles. The number of amides is 1. The molecule has 0 bridgehead atoms. The second-order valence-electron chi connectivity index (χ2n) is 4.57. The Hall–Kier alpha value is -2.57. The Morgan fingerprint density at radius 2 is 1.77 bits per heavy atom. The predicted octanol–water partition coefficient (Wildman–Crippen LogP) is 2.37. The molecule has 1 aromatic carbocycles. The summed E-state index contributed by atoms with van der Waals surface area (Å²) in [6.45, 7) is 4.93. The molecule has 0 radical (unpaired) electrons. The molecule has 0 fully saturated rings. The van der Waals surface area contributed by atoms with Gasteiger partial charge in [0.2, 0.25) is 5.95 Å². The second kappa shape index (κ2) is 6.46. The van der Waals surface area contributed by atoms with Gasteiger partial charge >= 0.3 is 0 Å². The van der Waals surface area contributed by atoms with E-state index in [1.807, 2.05) is 13.8 Å². The lowest BCUT2D eigenvalue weighted by atomic mass is 10.1. The van der Waals surface area contributed by atoms with Gasteiger partial charge in [-0.05, 0) is 32.0 Å². The van der Waals surface area contributed by atoms with Gasteiger partial charge in [0.15, 0.2) is 0 Å². The van der Waals surface area contributed by atoms with E-state index in [0.29, 0.717) is 13.1 Å². The molecular weight excluding hydrogens is 290 g/mol. The average molecular weight is 306 g/mol. The molecule has 0 spiro atoms. The minimum absolute atomic E-state index is 0.0127. The summed E-state index contributed by atoms with van der Waals surface area (Å²) in [6, 6.07) is 4.70. The van der Waals surface area contributed by atoms with Crippen LogP contribution in [-0.4, -0.2) is 29.0 Å². The molecule has 0 saturated heterocycles. The van der Waals surface area contributed by atoms with Gasteiger partial charge in [-0.25, -0.2) is 18.7 Å². The van der Waals surface area contributed by atoms with Crippen molar-refractivity contribution in [1.29, 1.82) is 0 Å². The normalized spacial score (nSPS) is 10.5. The third-order valence-electron chi connectivity index (χ3n) is 3.23. The van der Waals surface area contributed by atoms with Crippen molar-refractivity contribution in [3.8, 4) is 11.3 Å². The van der Waals surface area contributed by atoms with E-state index in [1.165, 1.54) is 12.1 Å². The van der Waals surface area contributed by atoms with E-state index >= 15 is 0 Å². The molecule has 1 amide bonds. The second-order valence-corrected chi connectivity index (χ2v) is 4.57. The number of nitrogens with zero attached hydrogens (tertiary/aromatic N) is 3. The minimum Gasteiger partial charge on any atom is -0.364 e. The van der Waals surface area contributed by atoms with Gasteiger partial charge in [0.1, 0.15) is 17.3 Å². The highest BCUT2D eigenvalue weighted by atomic mass is 19.1. The fourth-order valence-electron chi connectivity index (χ4n) is 2.08. The van der Waals surface area contributed by atoms with E-state index in [4.69, 9.17) is 5.73 Å². The Kier molecular flexibility index (Phi) is 4.65. The van der Waals surface area contributed by atoms with E-state index in [2.05, 4.69) is 9.97 Å². The van der Waals surface area contributed by atoms with Crippen LogP contribution in [0.4, 0.5) is 14.7 Å². The van der Waals surface area contributed by atoms with Gasteiger partial charge in [0, 0.05) is 13.1 Å². The van der Waals surface area contributed by atoms with Gasteiger partial charge < -0.3 is 10.6 Å². The first-order valence-electron chi connectivity index (χ1n) is 6.86.